The average Bonchev–Trinajstić information content (AvgIpc) is 2.85. The number of likely N-dealkylation sites (N-methyl/N-ethyl adjacent to an activating group) is 1. The van der Waals surface area contributed by atoms with Gasteiger partial charge in [-0.3, -0.25) is 4.79 Å². The van der Waals surface area contributed by atoms with E-state index in [1.165, 1.54) is 12.1 Å². The molecule has 0 radical (unpaired) electrons. The lowest BCUT2D eigenvalue weighted by molar-refractivity contribution is -0.139. The molecule has 0 spiro atoms. The summed E-state index contributed by atoms with van der Waals surface area (Å²) in [5.41, 5.74) is 1.00. The molecule has 2 atom stereocenters. The average molecular weight is 266 g/mol. The van der Waals surface area contributed by atoms with Crippen molar-refractivity contribution >= 4 is 11.7 Å². The second-order valence-corrected chi connectivity index (χ2v) is 4.99. The largest absolute Gasteiger partial charge is 0.480 e. The third kappa shape index (κ3) is 3.44. The number of hydrogen-bond donors (Lipinski definition) is 2. The fourth-order valence-corrected chi connectivity index (χ4v) is 2.59. The Morgan fingerprint density at radius 3 is 2.79 bits per heavy atom. The predicted molar refractivity (Wildman–Crippen MR) is 71.8 cm³/mol. The fourth-order valence-electron chi connectivity index (χ4n) is 2.59. The Balaban J connectivity index is 1.92. The molecule has 1 aromatic rings. The zero-order valence-corrected chi connectivity index (χ0v) is 11.0. The summed E-state index contributed by atoms with van der Waals surface area (Å²) in [5.74, 6) is -0.679. The molecule has 2 N–H and O–H groups in total. The van der Waals surface area contributed by atoms with Crippen molar-refractivity contribution in [2.75, 3.05) is 25.0 Å². The van der Waals surface area contributed by atoms with Gasteiger partial charge in [0.15, 0.2) is 0 Å². The van der Waals surface area contributed by atoms with Crippen molar-refractivity contribution in [3.8, 4) is 0 Å². The number of rotatable bonds is 5. The molecule has 0 aliphatic carbocycles. The molecule has 1 heterocycles. The van der Waals surface area contributed by atoms with Gasteiger partial charge in [0.25, 0.3) is 0 Å². The minimum Gasteiger partial charge on any atom is -0.480 e. The van der Waals surface area contributed by atoms with Gasteiger partial charge < -0.3 is 15.3 Å². The molecule has 1 aliphatic rings. The standard InChI is InChI=1S/C14H19FN2O2/c1-16-13(14(18)19)8-10-6-7-17(9-10)12-4-2-11(15)3-5-12/h2-5,10,13,16H,6-9H2,1H3,(H,18,19). The third-order valence-electron chi connectivity index (χ3n) is 3.69. The lowest BCUT2D eigenvalue weighted by atomic mass is 9.99. The van der Waals surface area contributed by atoms with E-state index in [4.69, 9.17) is 5.11 Å². The van der Waals surface area contributed by atoms with E-state index >= 15 is 0 Å². The minimum absolute atomic E-state index is 0.236. The van der Waals surface area contributed by atoms with Crippen LogP contribution >= 0.6 is 0 Å². The number of nitrogens with zero attached hydrogens (tertiary/aromatic N) is 1. The van der Waals surface area contributed by atoms with Crippen LogP contribution in [0.25, 0.3) is 0 Å². The molecule has 1 fully saturated rings. The number of carboxylic acid groups (broad SMARTS) is 1. The van der Waals surface area contributed by atoms with E-state index in [1.807, 2.05) is 0 Å². The van der Waals surface area contributed by atoms with Gasteiger partial charge in [-0.2, -0.15) is 0 Å². The van der Waals surface area contributed by atoms with E-state index in [0.29, 0.717) is 12.3 Å². The van der Waals surface area contributed by atoms with Crippen LogP contribution in [0.4, 0.5) is 10.1 Å². The Morgan fingerprint density at radius 1 is 1.53 bits per heavy atom. The maximum atomic E-state index is 12.9. The van der Waals surface area contributed by atoms with Crippen molar-refractivity contribution < 1.29 is 14.3 Å². The molecule has 0 saturated carbocycles. The molecule has 1 saturated heterocycles. The van der Waals surface area contributed by atoms with Crippen molar-refractivity contribution in [1.29, 1.82) is 0 Å². The van der Waals surface area contributed by atoms with Crippen LogP contribution in [0, 0.1) is 11.7 Å². The molecule has 2 unspecified atom stereocenters. The Morgan fingerprint density at radius 2 is 2.21 bits per heavy atom. The van der Waals surface area contributed by atoms with Crippen molar-refractivity contribution in [2.24, 2.45) is 5.92 Å². The number of anilines is 1. The first kappa shape index (κ1) is 13.8. The van der Waals surface area contributed by atoms with Gasteiger partial charge in [0.05, 0.1) is 0 Å². The second kappa shape index (κ2) is 6.02. The van der Waals surface area contributed by atoms with Gasteiger partial charge in [-0.05, 0) is 50.1 Å². The minimum atomic E-state index is -0.803. The van der Waals surface area contributed by atoms with Crippen LogP contribution in [0.15, 0.2) is 24.3 Å². The van der Waals surface area contributed by atoms with Gasteiger partial charge in [-0.25, -0.2) is 4.39 Å². The fraction of sp³-hybridized carbons (Fsp3) is 0.500. The molecular formula is C14H19FN2O2. The zero-order chi connectivity index (χ0) is 13.8. The first-order valence-corrected chi connectivity index (χ1v) is 6.50. The monoisotopic (exact) mass is 266 g/mol. The van der Waals surface area contributed by atoms with Crippen molar-refractivity contribution in [3.63, 3.8) is 0 Å². The molecule has 1 aromatic carbocycles. The number of hydrogen-bond acceptors (Lipinski definition) is 3. The summed E-state index contributed by atoms with van der Waals surface area (Å²) in [5, 5.41) is 11.9. The van der Waals surface area contributed by atoms with Crippen molar-refractivity contribution in [3.05, 3.63) is 30.1 Å². The molecule has 19 heavy (non-hydrogen) atoms. The molecular weight excluding hydrogens is 247 g/mol. The van der Waals surface area contributed by atoms with E-state index in [9.17, 15) is 9.18 Å². The van der Waals surface area contributed by atoms with Crippen molar-refractivity contribution in [1.82, 2.24) is 5.32 Å². The zero-order valence-electron chi connectivity index (χ0n) is 11.0. The number of nitrogens with one attached hydrogen (secondary N) is 1. The lowest BCUT2D eigenvalue weighted by Gasteiger charge is -2.20. The molecule has 1 aliphatic heterocycles. The van der Waals surface area contributed by atoms with Crippen LogP contribution in [0.1, 0.15) is 12.8 Å². The normalized spacial score (nSPS) is 20.5. The molecule has 5 heteroatoms. The summed E-state index contributed by atoms with van der Waals surface area (Å²) >= 11 is 0. The Hall–Kier alpha value is -1.62. The Labute approximate surface area is 112 Å². The maximum Gasteiger partial charge on any atom is 0.320 e. The smallest absolute Gasteiger partial charge is 0.320 e. The van der Waals surface area contributed by atoms with Crippen LogP contribution < -0.4 is 10.2 Å². The van der Waals surface area contributed by atoms with Gasteiger partial charge >= 0.3 is 5.97 Å². The second-order valence-electron chi connectivity index (χ2n) is 4.99. The highest BCUT2D eigenvalue weighted by Gasteiger charge is 2.27. The van der Waals surface area contributed by atoms with Crippen LogP contribution in [0.3, 0.4) is 0 Å². The number of carboxylic acids is 1. The summed E-state index contributed by atoms with van der Waals surface area (Å²) in [7, 11) is 1.67. The lowest BCUT2D eigenvalue weighted by Crippen LogP contribution is -2.36. The maximum absolute atomic E-state index is 12.9. The first-order chi connectivity index (χ1) is 9.10. The molecule has 0 amide bonds. The number of aliphatic carboxylic acids is 1. The quantitative estimate of drug-likeness (QED) is 0.852. The van der Waals surface area contributed by atoms with Crippen LogP contribution in [0.2, 0.25) is 0 Å². The van der Waals surface area contributed by atoms with Gasteiger partial charge in [-0.1, -0.05) is 0 Å². The molecule has 2 rings (SSSR count). The molecule has 104 valence electrons. The van der Waals surface area contributed by atoms with Gasteiger partial charge in [0.2, 0.25) is 0 Å². The summed E-state index contributed by atoms with van der Waals surface area (Å²) in [4.78, 5) is 13.2. The van der Waals surface area contributed by atoms with Crippen molar-refractivity contribution in [2.45, 2.75) is 18.9 Å². The summed E-state index contributed by atoms with van der Waals surface area (Å²) in [6.45, 7) is 1.73. The third-order valence-corrected chi connectivity index (χ3v) is 3.69. The molecule has 0 aromatic heterocycles. The molecule has 0 bridgehead atoms. The number of carbonyl (C=O) groups is 1. The van der Waals surface area contributed by atoms with Crippen LogP contribution in [-0.2, 0) is 4.79 Å². The topological polar surface area (TPSA) is 52.6 Å². The van der Waals surface area contributed by atoms with E-state index < -0.39 is 12.0 Å². The van der Waals surface area contributed by atoms with Crippen LogP contribution in [0.5, 0.6) is 0 Å². The first-order valence-electron chi connectivity index (χ1n) is 6.50. The highest BCUT2D eigenvalue weighted by molar-refractivity contribution is 5.73. The van der Waals surface area contributed by atoms with Gasteiger partial charge in [-0.15, -0.1) is 0 Å². The van der Waals surface area contributed by atoms with Gasteiger partial charge in [0, 0.05) is 18.8 Å². The summed E-state index contributed by atoms with van der Waals surface area (Å²) < 4.78 is 12.9. The number of halogens is 1. The van der Waals surface area contributed by atoms with E-state index in [2.05, 4.69) is 10.2 Å². The number of benzene rings is 1. The van der Waals surface area contributed by atoms with E-state index in [-0.39, 0.29) is 5.82 Å². The van der Waals surface area contributed by atoms with Gasteiger partial charge in [0.1, 0.15) is 11.9 Å². The summed E-state index contributed by atoms with van der Waals surface area (Å²) in [6, 6.07) is 5.96. The SMILES string of the molecule is CNC(CC1CCN(c2ccc(F)cc2)C1)C(=O)O. The van der Waals surface area contributed by atoms with E-state index in [1.54, 1.807) is 19.2 Å². The Kier molecular flexibility index (Phi) is 4.37. The van der Waals surface area contributed by atoms with E-state index in [0.717, 1.165) is 25.2 Å². The Bertz CT molecular complexity index is 436. The summed E-state index contributed by atoms with van der Waals surface area (Å²) in [6.07, 6.45) is 1.60. The predicted octanol–water partition coefficient (Wildman–Crippen LogP) is 1.71. The molecule has 4 nitrogen and oxygen atoms in total. The highest BCUT2D eigenvalue weighted by atomic mass is 19.1. The van der Waals surface area contributed by atoms with Crippen LogP contribution in [-0.4, -0.2) is 37.3 Å². The highest BCUT2D eigenvalue weighted by Crippen LogP contribution is 2.26.